The number of ether oxygens (including phenoxy) is 2. The first-order chi connectivity index (χ1) is 14.1. The molecule has 0 fully saturated rings. The molecule has 3 aromatic carbocycles. The molecule has 0 saturated heterocycles. The summed E-state index contributed by atoms with van der Waals surface area (Å²) in [7, 11) is 1.55. The van der Waals surface area contributed by atoms with E-state index in [1.807, 2.05) is 12.1 Å². The van der Waals surface area contributed by atoms with Gasteiger partial charge in [0.2, 0.25) is 0 Å². The quantitative estimate of drug-likeness (QED) is 0.447. The lowest BCUT2D eigenvalue weighted by molar-refractivity contribution is 0.0952. The molecule has 2 N–H and O–H groups in total. The van der Waals surface area contributed by atoms with Gasteiger partial charge in [0.15, 0.2) is 11.5 Å². The molecule has 1 amide bonds. The number of para-hydroxylation sites is 2. The van der Waals surface area contributed by atoms with Crippen molar-refractivity contribution in [1.29, 1.82) is 0 Å². The van der Waals surface area contributed by atoms with E-state index in [-0.39, 0.29) is 11.3 Å². The lowest BCUT2D eigenvalue weighted by Crippen LogP contribution is -2.17. The van der Waals surface area contributed by atoms with Crippen molar-refractivity contribution in [3.63, 3.8) is 0 Å². The summed E-state index contributed by atoms with van der Waals surface area (Å²) in [6, 6.07) is 18.9. The van der Waals surface area contributed by atoms with Crippen LogP contribution < -0.4 is 14.9 Å². The molecule has 0 atom stereocenters. The molecule has 6 nitrogen and oxygen atoms in total. The topological polar surface area (TPSA) is 80.2 Å². The van der Waals surface area contributed by atoms with Crippen LogP contribution in [-0.4, -0.2) is 24.3 Å². The molecule has 148 valence electrons. The fraction of sp³-hybridized carbons (Fsp3) is 0.0909. The fourth-order valence-corrected chi connectivity index (χ4v) is 2.70. The van der Waals surface area contributed by atoms with E-state index in [1.54, 1.807) is 49.6 Å². The summed E-state index contributed by atoms with van der Waals surface area (Å²) < 4.78 is 11.3. The van der Waals surface area contributed by atoms with Crippen molar-refractivity contribution in [2.75, 3.05) is 7.11 Å². The lowest BCUT2D eigenvalue weighted by Gasteiger charge is -2.13. The Kier molecular flexibility index (Phi) is 6.71. The molecule has 0 heterocycles. The van der Waals surface area contributed by atoms with E-state index in [1.165, 1.54) is 18.3 Å². The first-order valence-corrected chi connectivity index (χ1v) is 9.12. The zero-order valence-corrected chi connectivity index (χ0v) is 16.4. The van der Waals surface area contributed by atoms with Crippen LogP contribution in [0.5, 0.6) is 17.2 Å². The van der Waals surface area contributed by atoms with Crippen molar-refractivity contribution >= 4 is 23.7 Å². The van der Waals surface area contributed by atoms with Gasteiger partial charge in [-0.1, -0.05) is 41.9 Å². The third-order valence-electron chi connectivity index (χ3n) is 4.04. The highest BCUT2D eigenvalue weighted by Gasteiger charge is 2.11. The van der Waals surface area contributed by atoms with Gasteiger partial charge in [-0.2, -0.15) is 5.10 Å². The highest BCUT2D eigenvalue weighted by atomic mass is 35.5. The largest absolute Gasteiger partial charge is 0.507 e. The number of carbonyl (C=O) groups is 1. The molecule has 0 aromatic heterocycles. The minimum atomic E-state index is -0.522. The number of nitrogens with one attached hydrogen (secondary N) is 1. The van der Waals surface area contributed by atoms with Crippen molar-refractivity contribution in [1.82, 2.24) is 5.43 Å². The summed E-state index contributed by atoms with van der Waals surface area (Å²) in [5.74, 6) is 0.389. The normalized spacial score (nSPS) is 10.7. The molecule has 0 spiro atoms. The molecule has 0 saturated carbocycles. The zero-order chi connectivity index (χ0) is 20.6. The Bertz CT molecular complexity index is 1020. The van der Waals surface area contributed by atoms with E-state index >= 15 is 0 Å². The molecule has 0 aliphatic carbocycles. The first kappa shape index (κ1) is 20.2. The monoisotopic (exact) mass is 410 g/mol. The second-order valence-corrected chi connectivity index (χ2v) is 6.45. The molecule has 0 aliphatic heterocycles. The average molecular weight is 411 g/mol. The van der Waals surface area contributed by atoms with Crippen molar-refractivity contribution in [2.24, 2.45) is 5.10 Å². The Morgan fingerprint density at radius 3 is 2.59 bits per heavy atom. The molecule has 0 unspecified atom stereocenters. The van der Waals surface area contributed by atoms with Crippen molar-refractivity contribution in [3.8, 4) is 17.2 Å². The maximum Gasteiger partial charge on any atom is 0.275 e. The summed E-state index contributed by atoms with van der Waals surface area (Å²) in [5, 5.41) is 14.4. The third kappa shape index (κ3) is 5.27. The molecular formula is C22H19ClN2O4. The number of phenols is 1. The number of nitrogens with zero attached hydrogens (tertiary/aromatic N) is 1. The summed E-state index contributed by atoms with van der Waals surface area (Å²) in [6.45, 7) is 0.308. The Morgan fingerprint density at radius 2 is 1.86 bits per heavy atom. The van der Waals surface area contributed by atoms with E-state index in [9.17, 15) is 9.90 Å². The Labute approximate surface area is 173 Å². The number of halogens is 1. The lowest BCUT2D eigenvalue weighted by atomic mass is 10.2. The van der Waals surface area contributed by atoms with Gasteiger partial charge in [0.05, 0.1) is 18.9 Å². The Balaban J connectivity index is 1.74. The predicted molar refractivity (Wildman–Crippen MR) is 112 cm³/mol. The van der Waals surface area contributed by atoms with Crippen LogP contribution in [0.1, 0.15) is 21.5 Å². The number of aromatic hydroxyl groups is 1. The van der Waals surface area contributed by atoms with Gasteiger partial charge in [0, 0.05) is 10.6 Å². The molecule has 3 rings (SSSR count). The number of hydrazone groups is 1. The van der Waals surface area contributed by atoms with E-state index in [2.05, 4.69) is 10.5 Å². The van der Waals surface area contributed by atoms with Gasteiger partial charge in [0.25, 0.3) is 5.91 Å². The van der Waals surface area contributed by atoms with Crippen LogP contribution in [0.4, 0.5) is 0 Å². The van der Waals surface area contributed by atoms with E-state index in [0.29, 0.717) is 28.7 Å². The van der Waals surface area contributed by atoms with Crippen LogP contribution in [0.2, 0.25) is 5.02 Å². The van der Waals surface area contributed by atoms with Crippen LogP contribution in [0, 0.1) is 0 Å². The molecule has 0 radical (unpaired) electrons. The first-order valence-electron chi connectivity index (χ1n) is 8.74. The van der Waals surface area contributed by atoms with Crippen molar-refractivity contribution < 1.29 is 19.4 Å². The molecular weight excluding hydrogens is 392 g/mol. The van der Waals surface area contributed by atoms with E-state index in [4.69, 9.17) is 21.1 Å². The van der Waals surface area contributed by atoms with Gasteiger partial charge in [-0.05, 0) is 42.0 Å². The van der Waals surface area contributed by atoms with Gasteiger partial charge in [-0.15, -0.1) is 0 Å². The van der Waals surface area contributed by atoms with Crippen LogP contribution in [0.3, 0.4) is 0 Å². The number of hydrogen-bond acceptors (Lipinski definition) is 5. The van der Waals surface area contributed by atoms with Gasteiger partial charge in [0.1, 0.15) is 12.4 Å². The number of rotatable bonds is 7. The van der Waals surface area contributed by atoms with Gasteiger partial charge >= 0.3 is 0 Å². The second-order valence-electron chi connectivity index (χ2n) is 6.01. The second kappa shape index (κ2) is 9.61. The fourth-order valence-electron chi connectivity index (χ4n) is 2.57. The van der Waals surface area contributed by atoms with Gasteiger partial charge in [-0.25, -0.2) is 5.43 Å². The van der Waals surface area contributed by atoms with Crippen LogP contribution >= 0.6 is 11.6 Å². The number of carbonyl (C=O) groups excluding carboxylic acids is 1. The molecule has 3 aromatic rings. The number of benzene rings is 3. The Morgan fingerprint density at radius 1 is 1.10 bits per heavy atom. The van der Waals surface area contributed by atoms with Gasteiger partial charge in [-0.3, -0.25) is 4.79 Å². The summed E-state index contributed by atoms with van der Waals surface area (Å²) in [6.07, 6.45) is 1.46. The predicted octanol–water partition coefficient (Wildman–Crippen LogP) is 4.40. The van der Waals surface area contributed by atoms with Crippen molar-refractivity contribution in [2.45, 2.75) is 6.61 Å². The number of hydrogen-bond donors (Lipinski definition) is 2. The van der Waals surface area contributed by atoms with Crippen LogP contribution in [0.25, 0.3) is 0 Å². The summed E-state index contributed by atoms with van der Waals surface area (Å²) in [4.78, 5) is 12.2. The molecule has 29 heavy (non-hydrogen) atoms. The summed E-state index contributed by atoms with van der Waals surface area (Å²) >= 11 is 5.91. The maximum absolute atomic E-state index is 12.2. The smallest absolute Gasteiger partial charge is 0.275 e. The number of amides is 1. The molecule has 7 heteroatoms. The van der Waals surface area contributed by atoms with Crippen molar-refractivity contribution in [3.05, 3.63) is 88.4 Å². The summed E-state index contributed by atoms with van der Waals surface area (Å²) in [5.41, 5.74) is 4.09. The Hall–Kier alpha value is -3.51. The SMILES string of the molecule is COc1cccc(/C=N\NC(=O)c2ccccc2O)c1OCc1ccc(Cl)cc1. The zero-order valence-electron chi connectivity index (χ0n) is 15.6. The number of phenolic OH excluding ortho intramolecular Hbond substituents is 1. The minimum absolute atomic E-state index is 0.117. The maximum atomic E-state index is 12.2. The highest BCUT2D eigenvalue weighted by Crippen LogP contribution is 2.31. The minimum Gasteiger partial charge on any atom is -0.507 e. The number of methoxy groups -OCH3 is 1. The molecule has 0 aliphatic rings. The standard InChI is InChI=1S/C22H19ClN2O4/c1-28-20-8-4-5-16(21(20)29-14-15-9-11-17(23)12-10-15)13-24-25-22(27)18-6-2-3-7-19(18)26/h2-13,26H,14H2,1H3,(H,25,27)/b24-13-. The van der Waals surface area contributed by atoms with Crippen LogP contribution in [0.15, 0.2) is 71.8 Å². The average Bonchev–Trinajstić information content (AvgIpc) is 2.74. The third-order valence-corrected chi connectivity index (χ3v) is 4.30. The van der Waals surface area contributed by atoms with E-state index in [0.717, 1.165) is 5.56 Å². The molecule has 0 bridgehead atoms. The van der Waals surface area contributed by atoms with Gasteiger partial charge < -0.3 is 14.6 Å². The van der Waals surface area contributed by atoms with E-state index < -0.39 is 5.91 Å². The van der Waals surface area contributed by atoms with Crippen LogP contribution in [-0.2, 0) is 6.61 Å². The highest BCUT2D eigenvalue weighted by molar-refractivity contribution is 6.30.